The molecule has 3 aromatic carbocycles. The van der Waals surface area contributed by atoms with Gasteiger partial charge in [0.05, 0.1) is 16.4 Å². The minimum atomic E-state index is -4.70. The minimum Gasteiger partial charge on any atom is -0.324 e. The van der Waals surface area contributed by atoms with Crippen LogP contribution in [0.5, 0.6) is 0 Å². The molecule has 0 radical (unpaired) electrons. The molecule has 0 spiro atoms. The summed E-state index contributed by atoms with van der Waals surface area (Å²) < 4.78 is 34.0. The molecule has 0 bridgehead atoms. The maximum Gasteiger partial charge on any atom is 0.296 e. The summed E-state index contributed by atoms with van der Waals surface area (Å²) in [5, 5.41) is 16.6. The summed E-state index contributed by atoms with van der Waals surface area (Å²) in [7, 11) is -2.95. The van der Waals surface area contributed by atoms with Crippen molar-refractivity contribution < 1.29 is 17.8 Å². The number of para-hydroxylation sites is 2. The average molecular weight is 626 g/mol. The first-order valence-electron chi connectivity index (χ1n) is 12.1. The van der Waals surface area contributed by atoms with E-state index < -0.39 is 27.0 Å². The van der Waals surface area contributed by atoms with Crippen molar-refractivity contribution in [2.45, 2.75) is 17.9 Å². The van der Waals surface area contributed by atoms with Crippen molar-refractivity contribution in [2.75, 3.05) is 22.3 Å². The van der Waals surface area contributed by atoms with Gasteiger partial charge in [-0.15, -0.1) is 0 Å². The number of aromatic nitrogens is 3. The molecule has 0 saturated heterocycles. The summed E-state index contributed by atoms with van der Waals surface area (Å²) in [6.07, 6.45) is 0. The van der Waals surface area contributed by atoms with E-state index in [2.05, 4.69) is 35.6 Å². The lowest BCUT2D eigenvalue weighted by Crippen LogP contribution is -2.29. The van der Waals surface area contributed by atoms with Crippen molar-refractivity contribution in [1.82, 2.24) is 15.0 Å². The van der Waals surface area contributed by atoms with Gasteiger partial charge in [-0.1, -0.05) is 41.9 Å². The molecule has 1 atom stereocenters. The van der Waals surface area contributed by atoms with Gasteiger partial charge in [0.25, 0.3) is 16.0 Å². The zero-order chi connectivity index (χ0) is 30.0. The molecule has 13 nitrogen and oxygen atoms in total. The summed E-state index contributed by atoms with van der Waals surface area (Å²) in [6.45, 7) is 1.58. The number of hydrogen-bond acceptors (Lipinski definition) is 11. The largest absolute Gasteiger partial charge is 0.324 e. The SMILES string of the molecule is CC1=NN(c2ccccc2Cl)C(=O)[C@H]1N=Nc1cc(Nc2nc(Cl)nc(N(C)c3ccccc3)n2)ccc1S(=O)(=O)O. The van der Waals surface area contributed by atoms with Gasteiger partial charge in [-0.05, 0) is 61.0 Å². The number of benzene rings is 3. The van der Waals surface area contributed by atoms with Crippen LogP contribution in [0.2, 0.25) is 10.3 Å². The monoisotopic (exact) mass is 625 g/mol. The maximum atomic E-state index is 13.1. The van der Waals surface area contributed by atoms with Crippen LogP contribution in [-0.4, -0.2) is 52.6 Å². The Bertz CT molecular complexity index is 1840. The van der Waals surface area contributed by atoms with E-state index >= 15 is 0 Å². The molecular formula is C26H21Cl2N9O4S. The van der Waals surface area contributed by atoms with Crippen LogP contribution >= 0.6 is 23.2 Å². The molecule has 5 rings (SSSR count). The van der Waals surface area contributed by atoms with Gasteiger partial charge in [0.2, 0.25) is 17.2 Å². The zero-order valence-corrected chi connectivity index (χ0v) is 24.2. The lowest BCUT2D eigenvalue weighted by atomic mass is 10.2. The molecule has 16 heteroatoms. The average Bonchev–Trinajstić information content (AvgIpc) is 3.23. The minimum absolute atomic E-state index is 0.0552. The number of anilines is 5. The number of azo groups is 1. The highest BCUT2D eigenvalue weighted by Crippen LogP contribution is 2.32. The molecule has 1 aliphatic heterocycles. The molecule has 0 saturated carbocycles. The molecule has 0 unspecified atom stereocenters. The second-order valence-electron chi connectivity index (χ2n) is 8.87. The Balaban J connectivity index is 1.44. The van der Waals surface area contributed by atoms with Crippen LogP contribution in [0.4, 0.5) is 34.6 Å². The van der Waals surface area contributed by atoms with E-state index in [4.69, 9.17) is 23.2 Å². The third-order valence-electron chi connectivity index (χ3n) is 5.99. The summed E-state index contributed by atoms with van der Waals surface area (Å²) in [6, 6.07) is 18.6. The Labute approximate surface area is 250 Å². The summed E-state index contributed by atoms with van der Waals surface area (Å²) in [4.78, 5) is 26.9. The van der Waals surface area contributed by atoms with Crippen molar-refractivity contribution in [3.63, 3.8) is 0 Å². The standard InChI is InChI=1S/C26H21Cl2N9O4S/c1-15-22(23(38)37(35-15)20-11-7-6-10-18(20)27)34-33-19-14-16(12-13-21(19)42(39,40)41)29-25-30-24(28)31-26(32-25)36(2)17-8-4-3-5-9-17/h3-14,22H,1-2H3,(H,39,40,41)(H,29,30,31,32)/t22-/m0/s1. The molecule has 214 valence electrons. The van der Waals surface area contributed by atoms with Crippen LogP contribution < -0.4 is 15.2 Å². The van der Waals surface area contributed by atoms with Crippen molar-refractivity contribution in [3.05, 3.63) is 83.1 Å². The molecule has 0 fully saturated rings. The number of hydrazone groups is 1. The second kappa shape index (κ2) is 11.8. The lowest BCUT2D eigenvalue weighted by molar-refractivity contribution is -0.117. The van der Waals surface area contributed by atoms with E-state index in [-0.39, 0.29) is 28.6 Å². The van der Waals surface area contributed by atoms with Gasteiger partial charge in [-0.25, -0.2) is 0 Å². The molecule has 2 N–H and O–H groups in total. The van der Waals surface area contributed by atoms with Gasteiger partial charge < -0.3 is 10.2 Å². The van der Waals surface area contributed by atoms with Crippen LogP contribution in [0, 0.1) is 0 Å². The number of rotatable bonds is 8. The van der Waals surface area contributed by atoms with Crippen molar-refractivity contribution in [1.29, 1.82) is 0 Å². The number of hydrogen-bond donors (Lipinski definition) is 2. The highest BCUT2D eigenvalue weighted by atomic mass is 35.5. The number of nitrogens with one attached hydrogen (secondary N) is 1. The molecule has 1 aliphatic rings. The lowest BCUT2D eigenvalue weighted by Gasteiger charge is -2.17. The first-order valence-corrected chi connectivity index (χ1v) is 14.3. The van der Waals surface area contributed by atoms with E-state index in [0.717, 1.165) is 16.8 Å². The normalized spacial score (nSPS) is 15.3. The van der Waals surface area contributed by atoms with Crippen LogP contribution in [0.3, 0.4) is 0 Å². The fraction of sp³-hybridized carbons (Fsp3) is 0.115. The van der Waals surface area contributed by atoms with Gasteiger partial charge in [-0.2, -0.15) is 43.7 Å². The van der Waals surface area contributed by atoms with Crippen LogP contribution in [-0.2, 0) is 14.9 Å². The first kappa shape index (κ1) is 29.0. The highest BCUT2D eigenvalue weighted by molar-refractivity contribution is 7.86. The molecule has 2 heterocycles. The number of amides is 1. The third-order valence-corrected chi connectivity index (χ3v) is 7.38. The Morgan fingerprint density at radius 1 is 1.00 bits per heavy atom. The summed E-state index contributed by atoms with van der Waals surface area (Å²) in [5.41, 5.74) is 1.51. The van der Waals surface area contributed by atoms with E-state index in [1.54, 1.807) is 43.1 Å². The third kappa shape index (κ3) is 6.21. The van der Waals surface area contributed by atoms with Crippen LogP contribution in [0.25, 0.3) is 0 Å². The predicted octanol–water partition coefficient (Wildman–Crippen LogP) is 5.81. The van der Waals surface area contributed by atoms with Gasteiger partial charge in [-0.3, -0.25) is 9.35 Å². The maximum absolute atomic E-state index is 13.1. The number of nitrogens with zero attached hydrogens (tertiary/aromatic N) is 8. The van der Waals surface area contributed by atoms with Crippen LogP contribution in [0.1, 0.15) is 6.92 Å². The fourth-order valence-corrected chi connectivity index (χ4v) is 4.91. The van der Waals surface area contributed by atoms with Gasteiger partial charge in [0.1, 0.15) is 10.6 Å². The number of carbonyl (C=O) groups excluding carboxylic acids is 1. The first-order chi connectivity index (χ1) is 20.0. The Morgan fingerprint density at radius 2 is 1.71 bits per heavy atom. The molecule has 1 aromatic heterocycles. The highest BCUT2D eigenvalue weighted by Gasteiger charge is 2.35. The fourth-order valence-electron chi connectivity index (χ4n) is 3.94. The van der Waals surface area contributed by atoms with E-state index in [1.165, 1.54) is 12.1 Å². The Morgan fingerprint density at radius 3 is 2.43 bits per heavy atom. The second-order valence-corrected chi connectivity index (χ2v) is 11.0. The van der Waals surface area contributed by atoms with Gasteiger partial charge in [0, 0.05) is 18.4 Å². The summed E-state index contributed by atoms with van der Waals surface area (Å²) >= 11 is 12.4. The van der Waals surface area contributed by atoms with Crippen molar-refractivity contribution in [3.8, 4) is 0 Å². The Kier molecular flexibility index (Phi) is 8.13. The number of halogens is 2. The molecular weight excluding hydrogens is 605 g/mol. The smallest absolute Gasteiger partial charge is 0.296 e. The zero-order valence-electron chi connectivity index (χ0n) is 21.9. The molecule has 42 heavy (non-hydrogen) atoms. The van der Waals surface area contributed by atoms with Gasteiger partial charge in [0.15, 0.2) is 6.04 Å². The summed E-state index contributed by atoms with van der Waals surface area (Å²) in [5.74, 6) is -0.239. The molecule has 0 aliphatic carbocycles. The van der Waals surface area contributed by atoms with Crippen molar-refractivity contribution >= 4 is 79.6 Å². The van der Waals surface area contributed by atoms with E-state index in [0.29, 0.717) is 16.4 Å². The topological polar surface area (TPSA) is 166 Å². The Hall–Kier alpha value is -4.50. The van der Waals surface area contributed by atoms with Crippen molar-refractivity contribution in [2.24, 2.45) is 15.3 Å². The number of carbonyl (C=O) groups is 1. The van der Waals surface area contributed by atoms with E-state index in [1.807, 2.05) is 30.3 Å². The quantitative estimate of drug-likeness (QED) is 0.181. The van der Waals surface area contributed by atoms with Gasteiger partial charge >= 0.3 is 0 Å². The van der Waals surface area contributed by atoms with Crippen LogP contribution in [0.15, 0.2) is 93.0 Å². The predicted molar refractivity (Wildman–Crippen MR) is 159 cm³/mol. The van der Waals surface area contributed by atoms with E-state index in [9.17, 15) is 17.8 Å². The molecule has 1 amide bonds. The molecule has 4 aromatic rings.